The lowest BCUT2D eigenvalue weighted by Gasteiger charge is -2.18. The number of carbonyl (C=O) groups is 3. The first-order valence-corrected chi connectivity index (χ1v) is 35.0. The summed E-state index contributed by atoms with van der Waals surface area (Å²) in [6.07, 6.45) is 97.8. The molecule has 1 atom stereocenters. The molecule has 0 spiro atoms. The minimum atomic E-state index is -0.796. The highest BCUT2D eigenvalue weighted by molar-refractivity contribution is 5.71. The Labute approximate surface area is 513 Å². The zero-order valence-electron chi connectivity index (χ0n) is 54.4. The van der Waals surface area contributed by atoms with E-state index in [4.69, 9.17) is 14.2 Å². The number of hydrogen-bond donors (Lipinski definition) is 0. The quantitative estimate of drug-likeness (QED) is 0.0261. The van der Waals surface area contributed by atoms with Crippen molar-refractivity contribution in [3.8, 4) is 0 Å². The Morgan fingerprint density at radius 2 is 0.470 bits per heavy atom. The Morgan fingerprint density at radius 1 is 0.253 bits per heavy atom. The predicted molar refractivity (Wildman–Crippen MR) is 362 cm³/mol. The molecule has 0 rings (SSSR count). The Bertz CT molecular complexity index is 1700. The summed E-state index contributed by atoms with van der Waals surface area (Å²) in [6, 6.07) is 0. The van der Waals surface area contributed by atoms with Gasteiger partial charge in [-0.25, -0.2) is 0 Å². The molecule has 0 radical (unpaired) electrons. The molecule has 0 saturated carbocycles. The van der Waals surface area contributed by atoms with Gasteiger partial charge in [0.2, 0.25) is 0 Å². The summed E-state index contributed by atoms with van der Waals surface area (Å²) in [7, 11) is 0. The van der Waals surface area contributed by atoms with E-state index in [2.05, 4.69) is 142 Å². The number of ether oxygens (including phenoxy) is 3. The molecule has 0 fully saturated rings. The van der Waals surface area contributed by atoms with Gasteiger partial charge in [-0.2, -0.15) is 0 Å². The predicted octanol–water partition coefficient (Wildman–Crippen LogP) is 24.3. The Morgan fingerprint density at radius 3 is 0.747 bits per heavy atom. The molecule has 0 heterocycles. The molecule has 6 heteroatoms. The zero-order valence-corrected chi connectivity index (χ0v) is 54.4. The maximum Gasteiger partial charge on any atom is 0.306 e. The summed E-state index contributed by atoms with van der Waals surface area (Å²) >= 11 is 0. The second-order valence-corrected chi connectivity index (χ2v) is 23.1. The summed E-state index contributed by atoms with van der Waals surface area (Å²) in [5, 5.41) is 0. The highest BCUT2D eigenvalue weighted by Gasteiger charge is 2.19. The van der Waals surface area contributed by atoms with Crippen LogP contribution in [0.2, 0.25) is 0 Å². The van der Waals surface area contributed by atoms with Crippen molar-refractivity contribution < 1.29 is 28.6 Å². The number of unbranched alkanes of at least 4 members (excludes halogenated alkanes) is 32. The maximum atomic E-state index is 13.0. The lowest BCUT2D eigenvalue weighted by atomic mass is 10.1. The van der Waals surface area contributed by atoms with Crippen LogP contribution in [0.1, 0.15) is 329 Å². The molecule has 1 unspecified atom stereocenters. The topological polar surface area (TPSA) is 78.9 Å². The highest BCUT2D eigenvalue weighted by Crippen LogP contribution is 2.16. The van der Waals surface area contributed by atoms with Crippen LogP contribution >= 0.6 is 0 Å². The average molecular weight is 1150 g/mol. The van der Waals surface area contributed by atoms with Gasteiger partial charge in [-0.1, -0.05) is 296 Å². The van der Waals surface area contributed by atoms with Gasteiger partial charge in [0.15, 0.2) is 6.10 Å². The smallest absolute Gasteiger partial charge is 0.306 e. The van der Waals surface area contributed by atoms with E-state index in [1.165, 1.54) is 161 Å². The first-order valence-electron chi connectivity index (χ1n) is 35.0. The number of esters is 3. The molecule has 0 aromatic rings. The number of carbonyl (C=O) groups excluding carboxylic acids is 3. The second kappa shape index (κ2) is 70.3. The van der Waals surface area contributed by atoms with Crippen LogP contribution in [-0.2, 0) is 28.6 Å². The molecule has 0 N–H and O–H groups in total. The SMILES string of the molecule is CC/C=C\C/C=C\C/C=C\C/C=C\C/C=C\C/C=C\C/C=C\CCCCCCCC(=O)OCC(COC(=O)CCCCCCCCC/C=C\CCCCCCCC)OC(=O)CCCCCCCCCCC/C=C\C/C=C\CCCCCCC. The summed E-state index contributed by atoms with van der Waals surface area (Å²) in [6.45, 7) is 6.52. The molecule has 0 bridgehead atoms. The highest BCUT2D eigenvalue weighted by atomic mass is 16.6. The lowest BCUT2D eigenvalue weighted by Crippen LogP contribution is -2.30. The van der Waals surface area contributed by atoms with Crippen LogP contribution in [0.15, 0.2) is 122 Å². The summed E-state index contributed by atoms with van der Waals surface area (Å²) in [4.78, 5) is 38.5. The van der Waals surface area contributed by atoms with Crippen LogP contribution in [0.25, 0.3) is 0 Å². The van der Waals surface area contributed by atoms with E-state index in [0.29, 0.717) is 19.3 Å². The maximum absolute atomic E-state index is 13.0. The third-order valence-corrected chi connectivity index (χ3v) is 14.9. The fourth-order valence-electron chi connectivity index (χ4n) is 9.68. The molecule has 0 aliphatic carbocycles. The van der Waals surface area contributed by atoms with Crippen LogP contribution in [0.3, 0.4) is 0 Å². The van der Waals surface area contributed by atoms with Crippen molar-refractivity contribution in [3.05, 3.63) is 122 Å². The standard InChI is InChI=1S/C77H130O6/c1-4-7-10-13-16-19-22-25-28-31-33-35-36-37-38-39-40-42-43-46-49-52-55-58-61-64-67-70-76(79)82-73-74(72-81-75(78)69-66-63-60-57-54-51-48-45-30-27-24-21-18-15-12-9-6-3)83-77(80)71-68-65-62-59-56-53-50-47-44-41-34-32-29-26-23-20-17-14-11-8-5-2/h7,10,16,19,23,25-28,30,32-35,37-38,40,42,46,49,74H,4-6,8-9,11-15,17-18,20-22,24,29,31,36,39,41,43-45,47-48,50-73H2,1-3H3/b10-7-,19-16-,26-23-,28-25-,30-27-,34-32-,35-33-,38-37-,42-40-,49-46-. The van der Waals surface area contributed by atoms with E-state index in [1.54, 1.807) is 0 Å². The molecule has 0 amide bonds. The fourth-order valence-corrected chi connectivity index (χ4v) is 9.68. The van der Waals surface area contributed by atoms with Gasteiger partial charge >= 0.3 is 17.9 Å². The average Bonchev–Trinajstić information content (AvgIpc) is 3.49. The van der Waals surface area contributed by atoms with Gasteiger partial charge in [0.1, 0.15) is 13.2 Å². The first-order chi connectivity index (χ1) is 41.0. The third kappa shape index (κ3) is 68.5. The van der Waals surface area contributed by atoms with Crippen molar-refractivity contribution in [3.63, 3.8) is 0 Å². The van der Waals surface area contributed by atoms with E-state index in [9.17, 15) is 14.4 Å². The third-order valence-electron chi connectivity index (χ3n) is 14.9. The molecule has 0 saturated heterocycles. The fraction of sp³-hybridized carbons (Fsp3) is 0.701. The van der Waals surface area contributed by atoms with E-state index in [-0.39, 0.29) is 31.1 Å². The van der Waals surface area contributed by atoms with Gasteiger partial charge in [0.05, 0.1) is 0 Å². The van der Waals surface area contributed by atoms with Gasteiger partial charge in [-0.05, 0) is 135 Å². The van der Waals surface area contributed by atoms with Crippen molar-refractivity contribution in [2.45, 2.75) is 335 Å². The molecule has 0 aliphatic rings. The first kappa shape index (κ1) is 78.8. The molecule has 0 aromatic carbocycles. The minimum Gasteiger partial charge on any atom is -0.462 e. The van der Waals surface area contributed by atoms with Crippen LogP contribution in [0, 0.1) is 0 Å². The van der Waals surface area contributed by atoms with Gasteiger partial charge in [-0.3, -0.25) is 14.4 Å². The Hall–Kier alpha value is -4.19. The molecule has 0 aliphatic heterocycles. The largest absolute Gasteiger partial charge is 0.462 e. The van der Waals surface area contributed by atoms with Crippen molar-refractivity contribution >= 4 is 17.9 Å². The van der Waals surface area contributed by atoms with Crippen LogP contribution in [0.5, 0.6) is 0 Å². The zero-order chi connectivity index (χ0) is 59.9. The van der Waals surface area contributed by atoms with Crippen molar-refractivity contribution in [1.29, 1.82) is 0 Å². The van der Waals surface area contributed by atoms with Crippen LogP contribution < -0.4 is 0 Å². The van der Waals surface area contributed by atoms with Crippen LogP contribution in [0.4, 0.5) is 0 Å². The number of allylic oxidation sites excluding steroid dienone is 20. The van der Waals surface area contributed by atoms with Crippen molar-refractivity contribution in [2.75, 3.05) is 13.2 Å². The molecular weight excluding hydrogens is 1020 g/mol. The minimum absolute atomic E-state index is 0.0893. The molecule has 474 valence electrons. The molecule has 0 aromatic heterocycles. The van der Waals surface area contributed by atoms with E-state index < -0.39 is 6.10 Å². The lowest BCUT2D eigenvalue weighted by molar-refractivity contribution is -0.167. The van der Waals surface area contributed by atoms with Gasteiger partial charge in [-0.15, -0.1) is 0 Å². The summed E-state index contributed by atoms with van der Waals surface area (Å²) in [5.74, 6) is -0.907. The van der Waals surface area contributed by atoms with Gasteiger partial charge < -0.3 is 14.2 Å². The number of rotatable bonds is 63. The van der Waals surface area contributed by atoms with Gasteiger partial charge in [0.25, 0.3) is 0 Å². The van der Waals surface area contributed by atoms with Crippen molar-refractivity contribution in [1.82, 2.24) is 0 Å². The Kier molecular flexibility index (Phi) is 66.7. The van der Waals surface area contributed by atoms with E-state index in [1.807, 2.05) is 0 Å². The normalized spacial score (nSPS) is 12.9. The summed E-state index contributed by atoms with van der Waals surface area (Å²) < 4.78 is 17.0. The monoisotopic (exact) mass is 1150 g/mol. The molecular formula is C77H130O6. The Balaban J connectivity index is 4.43. The van der Waals surface area contributed by atoms with Gasteiger partial charge in [0, 0.05) is 19.3 Å². The molecule has 6 nitrogen and oxygen atoms in total. The van der Waals surface area contributed by atoms with Crippen LogP contribution in [-0.4, -0.2) is 37.2 Å². The second-order valence-electron chi connectivity index (χ2n) is 23.1. The molecule has 83 heavy (non-hydrogen) atoms. The summed E-state index contributed by atoms with van der Waals surface area (Å²) in [5.41, 5.74) is 0. The van der Waals surface area contributed by atoms with E-state index in [0.717, 1.165) is 128 Å². The number of hydrogen-bond acceptors (Lipinski definition) is 6. The van der Waals surface area contributed by atoms with E-state index >= 15 is 0 Å². The van der Waals surface area contributed by atoms with Crippen molar-refractivity contribution in [2.24, 2.45) is 0 Å².